The number of aromatic nitrogens is 3. The predicted octanol–water partition coefficient (Wildman–Crippen LogP) is 4.11. The van der Waals surface area contributed by atoms with Crippen LogP contribution in [0, 0.1) is 23.0 Å². The molecule has 3 aliphatic rings. The third-order valence-corrected chi connectivity index (χ3v) is 10.4. The number of hydrogen-bond acceptors (Lipinski definition) is 11. The molecule has 0 aliphatic carbocycles. The molecule has 1 N–H and O–H groups in total. The number of hydrogen-bond donors (Lipinski definition) is 1. The number of piperazine rings is 1. The summed E-state index contributed by atoms with van der Waals surface area (Å²) >= 11 is 0. The van der Waals surface area contributed by atoms with Crippen molar-refractivity contribution in [2.24, 2.45) is 0 Å². The summed E-state index contributed by atoms with van der Waals surface area (Å²) in [5.41, 5.74) is 1.58. The molecular formula is C39H46F2N8O5. The molecule has 3 saturated heterocycles. The van der Waals surface area contributed by atoms with Crippen LogP contribution in [-0.2, 0) is 14.2 Å². The molecule has 286 valence electrons. The van der Waals surface area contributed by atoms with E-state index in [1.807, 2.05) is 25.1 Å². The molecule has 0 spiro atoms. The Hall–Kier alpha value is -4.72. The first kappa shape index (κ1) is 37.6. The van der Waals surface area contributed by atoms with Crippen LogP contribution < -0.4 is 15.0 Å². The summed E-state index contributed by atoms with van der Waals surface area (Å²) in [5, 5.41) is 17.1. The molecule has 7 rings (SSSR count). The molecule has 1 amide bonds. The van der Waals surface area contributed by atoms with Gasteiger partial charge in [0.2, 0.25) is 0 Å². The first-order chi connectivity index (χ1) is 26.3. The second-order valence-corrected chi connectivity index (χ2v) is 13.9. The van der Waals surface area contributed by atoms with Gasteiger partial charge in [0.05, 0.1) is 67.6 Å². The average molecular weight is 745 g/mol. The SMILES string of the molecule is CCOc1cc(-c2ccc(N3CCC(COCCN4CCN(CCC5OCCO5)CC4)(NC(=O)c4cc(F)ccc4F)CC3)nc2)c2c(C#N)cnn2c1. The van der Waals surface area contributed by atoms with Crippen LogP contribution in [0.3, 0.4) is 0 Å². The van der Waals surface area contributed by atoms with Crippen LogP contribution in [0.5, 0.6) is 5.75 Å². The van der Waals surface area contributed by atoms with Gasteiger partial charge in [0.15, 0.2) is 6.29 Å². The number of halogens is 2. The van der Waals surface area contributed by atoms with Crippen molar-refractivity contribution in [3.8, 4) is 22.9 Å². The van der Waals surface area contributed by atoms with Crippen LogP contribution in [0.2, 0.25) is 0 Å². The second kappa shape index (κ2) is 17.2. The number of nitrogens with one attached hydrogen (secondary N) is 1. The number of benzene rings is 1. The van der Waals surface area contributed by atoms with Crippen LogP contribution in [0.15, 0.2) is 55.0 Å². The molecule has 0 unspecified atom stereocenters. The van der Waals surface area contributed by atoms with E-state index in [9.17, 15) is 18.8 Å². The summed E-state index contributed by atoms with van der Waals surface area (Å²) in [5.74, 6) is -0.752. The van der Waals surface area contributed by atoms with Crippen molar-refractivity contribution in [2.75, 3.05) is 90.3 Å². The number of pyridine rings is 2. The lowest BCUT2D eigenvalue weighted by Crippen LogP contribution is -2.58. The molecule has 3 aliphatic heterocycles. The summed E-state index contributed by atoms with van der Waals surface area (Å²) in [4.78, 5) is 25.1. The highest BCUT2D eigenvalue weighted by atomic mass is 19.1. The van der Waals surface area contributed by atoms with E-state index in [1.165, 1.54) is 6.20 Å². The summed E-state index contributed by atoms with van der Waals surface area (Å²) in [6.07, 6.45) is 6.85. The van der Waals surface area contributed by atoms with Gasteiger partial charge in [0, 0.05) is 76.1 Å². The Morgan fingerprint density at radius 3 is 2.48 bits per heavy atom. The fraction of sp³-hybridized carbons (Fsp3) is 0.487. The minimum absolute atomic E-state index is 0.0889. The number of rotatable bonds is 14. The first-order valence-corrected chi connectivity index (χ1v) is 18.6. The predicted molar refractivity (Wildman–Crippen MR) is 196 cm³/mol. The lowest BCUT2D eigenvalue weighted by atomic mass is 9.87. The van der Waals surface area contributed by atoms with Gasteiger partial charge in [-0.1, -0.05) is 0 Å². The van der Waals surface area contributed by atoms with Crippen molar-refractivity contribution in [3.63, 3.8) is 0 Å². The van der Waals surface area contributed by atoms with Gasteiger partial charge in [0.1, 0.15) is 29.3 Å². The van der Waals surface area contributed by atoms with E-state index in [1.54, 1.807) is 16.9 Å². The summed E-state index contributed by atoms with van der Waals surface area (Å²) < 4.78 is 53.5. The van der Waals surface area contributed by atoms with E-state index < -0.39 is 23.1 Å². The Bertz CT molecular complexity index is 1930. The Kier molecular flexibility index (Phi) is 12.0. The van der Waals surface area contributed by atoms with Crippen LogP contribution >= 0.6 is 0 Å². The quantitative estimate of drug-likeness (QED) is 0.187. The Balaban J connectivity index is 0.984. The van der Waals surface area contributed by atoms with Crippen molar-refractivity contribution < 1.29 is 32.5 Å². The number of piperidine rings is 1. The Labute approximate surface area is 313 Å². The molecule has 1 aromatic carbocycles. The molecule has 0 atom stereocenters. The largest absolute Gasteiger partial charge is 0.492 e. The van der Waals surface area contributed by atoms with Gasteiger partial charge >= 0.3 is 0 Å². The zero-order chi connectivity index (χ0) is 37.5. The number of carbonyl (C=O) groups excluding carboxylic acids is 1. The van der Waals surface area contributed by atoms with E-state index in [2.05, 4.69) is 31.2 Å². The maximum atomic E-state index is 14.7. The smallest absolute Gasteiger partial charge is 0.254 e. The van der Waals surface area contributed by atoms with Gasteiger partial charge in [-0.05, 0) is 56.2 Å². The average Bonchev–Trinajstić information content (AvgIpc) is 3.88. The molecule has 6 heterocycles. The highest BCUT2D eigenvalue weighted by molar-refractivity contribution is 5.95. The lowest BCUT2D eigenvalue weighted by molar-refractivity contribution is -0.0535. The number of amides is 1. The molecule has 0 saturated carbocycles. The van der Waals surface area contributed by atoms with Crippen LogP contribution in [-0.4, -0.2) is 128 Å². The van der Waals surface area contributed by atoms with Crippen LogP contribution in [0.4, 0.5) is 14.6 Å². The molecule has 3 aromatic heterocycles. The monoisotopic (exact) mass is 744 g/mol. The number of fused-ring (bicyclic) bond motifs is 1. The number of carbonyl (C=O) groups is 1. The summed E-state index contributed by atoms with van der Waals surface area (Å²) in [6, 6.07) is 10.9. The van der Waals surface area contributed by atoms with Gasteiger partial charge in [-0.15, -0.1) is 0 Å². The van der Waals surface area contributed by atoms with E-state index in [4.69, 9.17) is 23.9 Å². The number of ether oxygens (including phenoxy) is 4. The summed E-state index contributed by atoms with van der Waals surface area (Å²) in [6.45, 7) is 11.0. The van der Waals surface area contributed by atoms with Crippen LogP contribution in [0.1, 0.15) is 42.1 Å². The Morgan fingerprint density at radius 2 is 1.78 bits per heavy atom. The van der Waals surface area contributed by atoms with E-state index in [0.29, 0.717) is 69.2 Å². The van der Waals surface area contributed by atoms with E-state index in [0.717, 1.165) is 80.8 Å². The van der Waals surface area contributed by atoms with Gasteiger partial charge in [0.25, 0.3) is 5.91 Å². The molecule has 0 bridgehead atoms. The number of nitrogens with zero attached hydrogens (tertiary/aromatic N) is 7. The molecule has 13 nitrogen and oxygen atoms in total. The van der Waals surface area contributed by atoms with Crippen molar-refractivity contribution in [2.45, 2.75) is 38.0 Å². The molecule has 4 aromatic rings. The fourth-order valence-electron chi connectivity index (χ4n) is 7.39. The standard InChI is InChI=1S/C39H46F2N8O5/c1-2-52-31-22-32(37-29(23-42)25-44-49(37)26-31)28-3-6-35(43-24-28)48-11-8-39(9-12-48,45-38(50)33-21-30(40)4-5-34(33)41)27-51-18-17-47-15-13-46(14-16-47)10-7-36-53-19-20-54-36/h3-6,21-22,24-26,36H,2,7-20,27H2,1H3,(H,45,50). The van der Waals surface area contributed by atoms with Crippen molar-refractivity contribution >= 4 is 17.2 Å². The van der Waals surface area contributed by atoms with Crippen LogP contribution in [0.25, 0.3) is 16.6 Å². The molecule has 0 radical (unpaired) electrons. The summed E-state index contributed by atoms with van der Waals surface area (Å²) in [7, 11) is 0. The minimum Gasteiger partial charge on any atom is -0.492 e. The minimum atomic E-state index is -0.795. The van der Waals surface area contributed by atoms with Crippen molar-refractivity contribution in [1.82, 2.24) is 29.7 Å². The molecular weight excluding hydrogens is 698 g/mol. The normalized spacial score (nSPS) is 18.2. The number of nitriles is 1. The molecule has 54 heavy (non-hydrogen) atoms. The highest BCUT2D eigenvalue weighted by Gasteiger charge is 2.38. The lowest BCUT2D eigenvalue weighted by Gasteiger charge is -2.43. The van der Waals surface area contributed by atoms with Gasteiger partial charge in [-0.2, -0.15) is 10.4 Å². The Morgan fingerprint density at radius 1 is 1.02 bits per heavy atom. The molecule has 3 fully saturated rings. The maximum absolute atomic E-state index is 14.7. The van der Waals surface area contributed by atoms with Crippen molar-refractivity contribution in [3.05, 3.63) is 77.8 Å². The first-order valence-electron chi connectivity index (χ1n) is 18.6. The van der Waals surface area contributed by atoms with E-state index >= 15 is 0 Å². The third kappa shape index (κ3) is 8.80. The second-order valence-electron chi connectivity index (χ2n) is 13.9. The molecule has 15 heteroatoms. The fourth-order valence-corrected chi connectivity index (χ4v) is 7.39. The van der Waals surface area contributed by atoms with E-state index in [-0.39, 0.29) is 18.5 Å². The van der Waals surface area contributed by atoms with Gasteiger partial charge < -0.3 is 34.1 Å². The topological polar surface area (TPSA) is 130 Å². The van der Waals surface area contributed by atoms with Gasteiger partial charge in [-0.3, -0.25) is 9.69 Å². The number of anilines is 1. The van der Waals surface area contributed by atoms with Gasteiger partial charge in [-0.25, -0.2) is 18.3 Å². The maximum Gasteiger partial charge on any atom is 0.254 e. The highest BCUT2D eigenvalue weighted by Crippen LogP contribution is 2.33. The zero-order valence-corrected chi connectivity index (χ0v) is 30.5. The third-order valence-electron chi connectivity index (χ3n) is 10.4. The zero-order valence-electron chi connectivity index (χ0n) is 30.5. The van der Waals surface area contributed by atoms with Crippen molar-refractivity contribution in [1.29, 1.82) is 5.26 Å².